The number of fused-ring (bicyclic) bond motifs is 1. The van der Waals surface area contributed by atoms with Gasteiger partial charge in [-0.05, 0) is 13.0 Å². The Balaban J connectivity index is 1.64. The van der Waals surface area contributed by atoms with Crippen molar-refractivity contribution in [2.24, 2.45) is 7.05 Å². The Hall–Kier alpha value is -1.88. The minimum Gasteiger partial charge on any atom is -0.493 e. The van der Waals surface area contributed by atoms with Gasteiger partial charge in [-0.25, -0.2) is 0 Å². The van der Waals surface area contributed by atoms with Crippen LogP contribution in [0.1, 0.15) is 30.3 Å². The predicted octanol–water partition coefficient (Wildman–Crippen LogP) is 1.64. The number of aromatic nitrogens is 3. The van der Waals surface area contributed by atoms with E-state index in [0.717, 1.165) is 24.7 Å². The summed E-state index contributed by atoms with van der Waals surface area (Å²) in [7, 11) is 1.96. The molecule has 0 saturated heterocycles. The number of rotatable bonds is 4. The lowest BCUT2D eigenvalue weighted by atomic mass is 10.0. The van der Waals surface area contributed by atoms with Crippen LogP contribution in [-0.2, 0) is 7.05 Å². The molecule has 3 rings (SSSR count). The van der Waals surface area contributed by atoms with Crippen LogP contribution in [0.5, 0.6) is 5.75 Å². The van der Waals surface area contributed by atoms with Gasteiger partial charge in [0.1, 0.15) is 17.9 Å². The number of hydrogen-bond acceptors (Lipinski definition) is 4. The first-order chi connectivity index (χ1) is 9.25. The van der Waals surface area contributed by atoms with Gasteiger partial charge >= 0.3 is 0 Å². The molecule has 0 aliphatic carbocycles. The largest absolute Gasteiger partial charge is 0.493 e. The summed E-state index contributed by atoms with van der Waals surface area (Å²) in [5, 5.41) is 11.5. The standard InChI is InChI=1S/C14H18N4O/c1-10(14-17-16-9-18(14)2)15-7-11-8-19-13-6-4-3-5-12(11)13/h3-6,9-11,15H,7-8H2,1-2H3. The lowest BCUT2D eigenvalue weighted by Gasteiger charge is -2.16. The Kier molecular flexibility index (Phi) is 3.21. The fourth-order valence-corrected chi connectivity index (χ4v) is 2.49. The summed E-state index contributed by atoms with van der Waals surface area (Å²) in [6.45, 7) is 3.73. The highest BCUT2D eigenvalue weighted by Crippen LogP contribution is 2.33. The van der Waals surface area contributed by atoms with Crippen molar-refractivity contribution < 1.29 is 4.74 Å². The molecule has 2 aromatic rings. The molecule has 2 unspecified atom stereocenters. The smallest absolute Gasteiger partial charge is 0.149 e. The topological polar surface area (TPSA) is 52.0 Å². The van der Waals surface area contributed by atoms with Crippen molar-refractivity contribution in [2.75, 3.05) is 13.2 Å². The van der Waals surface area contributed by atoms with E-state index in [4.69, 9.17) is 4.74 Å². The molecule has 2 atom stereocenters. The summed E-state index contributed by atoms with van der Waals surface area (Å²) >= 11 is 0. The second-order valence-corrected chi connectivity index (χ2v) is 4.98. The zero-order valence-corrected chi connectivity index (χ0v) is 11.2. The molecule has 0 fully saturated rings. The van der Waals surface area contributed by atoms with E-state index in [1.54, 1.807) is 6.33 Å². The minimum atomic E-state index is 0.181. The highest BCUT2D eigenvalue weighted by atomic mass is 16.5. The highest BCUT2D eigenvalue weighted by molar-refractivity contribution is 5.39. The lowest BCUT2D eigenvalue weighted by molar-refractivity contribution is 0.322. The summed E-state index contributed by atoms with van der Waals surface area (Å²) in [6, 6.07) is 8.42. The number of aryl methyl sites for hydroxylation is 1. The fraction of sp³-hybridized carbons (Fsp3) is 0.429. The Bertz CT molecular complexity index is 566. The van der Waals surface area contributed by atoms with E-state index < -0.39 is 0 Å². The third-order valence-electron chi connectivity index (χ3n) is 3.60. The van der Waals surface area contributed by atoms with E-state index in [0.29, 0.717) is 5.92 Å². The zero-order chi connectivity index (χ0) is 13.2. The van der Waals surface area contributed by atoms with E-state index in [1.807, 2.05) is 23.7 Å². The van der Waals surface area contributed by atoms with E-state index in [1.165, 1.54) is 5.56 Å². The Morgan fingerprint density at radius 1 is 1.47 bits per heavy atom. The zero-order valence-electron chi connectivity index (χ0n) is 11.2. The van der Waals surface area contributed by atoms with Gasteiger partial charge in [0.15, 0.2) is 0 Å². The first kappa shape index (κ1) is 12.2. The maximum Gasteiger partial charge on any atom is 0.149 e. The first-order valence-corrected chi connectivity index (χ1v) is 6.54. The molecule has 1 aliphatic heterocycles. The first-order valence-electron chi connectivity index (χ1n) is 6.54. The lowest BCUT2D eigenvalue weighted by Crippen LogP contribution is -2.27. The molecule has 19 heavy (non-hydrogen) atoms. The van der Waals surface area contributed by atoms with Crippen LogP contribution in [0.15, 0.2) is 30.6 Å². The Labute approximate surface area is 112 Å². The number of benzene rings is 1. The van der Waals surface area contributed by atoms with Crippen LogP contribution in [0, 0.1) is 0 Å². The molecular weight excluding hydrogens is 240 g/mol. The van der Waals surface area contributed by atoms with Gasteiger partial charge in [-0.1, -0.05) is 18.2 Å². The molecule has 2 heterocycles. The Morgan fingerprint density at radius 3 is 3.11 bits per heavy atom. The minimum absolute atomic E-state index is 0.181. The molecule has 100 valence electrons. The molecule has 1 aliphatic rings. The van der Waals surface area contributed by atoms with Crippen molar-refractivity contribution >= 4 is 0 Å². The van der Waals surface area contributed by atoms with E-state index in [2.05, 4.69) is 34.6 Å². The van der Waals surface area contributed by atoms with Crippen molar-refractivity contribution in [1.82, 2.24) is 20.1 Å². The van der Waals surface area contributed by atoms with Gasteiger partial charge in [-0.3, -0.25) is 0 Å². The Morgan fingerprint density at radius 2 is 2.32 bits per heavy atom. The van der Waals surface area contributed by atoms with Crippen molar-refractivity contribution in [3.8, 4) is 5.75 Å². The van der Waals surface area contributed by atoms with Crippen LogP contribution in [0.2, 0.25) is 0 Å². The molecule has 1 aromatic heterocycles. The average Bonchev–Trinajstić information content (AvgIpc) is 3.02. The number of ether oxygens (including phenoxy) is 1. The fourth-order valence-electron chi connectivity index (χ4n) is 2.49. The van der Waals surface area contributed by atoms with Gasteiger partial charge in [0, 0.05) is 25.1 Å². The van der Waals surface area contributed by atoms with E-state index in [9.17, 15) is 0 Å². The number of para-hydroxylation sites is 1. The third kappa shape index (κ3) is 2.33. The van der Waals surface area contributed by atoms with Crippen molar-refractivity contribution in [2.45, 2.75) is 18.9 Å². The molecule has 0 saturated carbocycles. The van der Waals surface area contributed by atoms with Crippen LogP contribution in [0.3, 0.4) is 0 Å². The molecule has 5 nitrogen and oxygen atoms in total. The van der Waals surface area contributed by atoms with Crippen LogP contribution in [0.25, 0.3) is 0 Å². The molecule has 0 bridgehead atoms. The maximum atomic E-state index is 5.68. The molecule has 0 spiro atoms. The summed E-state index contributed by atoms with van der Waals surface area (Å²) in [5.74, 6) is 2.37. The van der Waals surface area contributed by atoms with Crippen LogP contribution in [-0.4, -0.2) is 27.9 Å². The summed E-state index contributed by atoms with van der Waals surface area (Å²) in [5.41, 5.74) is 1.29. The summed E-state index contributed by atoms with van der Waals surface area (Å²) in [4.78, 5) is 0. The third-order valence-corrected chi connectivity index (χ3v) is 3.60. The van der Waals surface area contributed by atoms with Crippen molar-refractivity contribution in [3.05, 3.63) is 42.0 Å². The van der Waals surface area contributed by atoms with E-state index >= 15 is 0 Å². The van der Waals surface area contributed by atoms with Gasteiger partial charge in [0.05, 0.1) is 12.6 Å². The summed E-state index contributed by atoms with van der Waals surface area (Å²) in [6.07, 6.45) is 1.72. The van der Waals surface area contributed by atoms with Gasteiger partial charge < -0.3 is 14.6 Å². The second-order valence-electron chi connectivity index (χ2n) is 4.98. The highest BCUT2D eigenvalue weighted by Gasteiger charge is 2.24. The van der Waals surface area contributed by atoms with Gasteiger partial charge in [-0.15, -0.1) is 10.2 Å². The monoisotopic (exact) mass is 258 g/mol. The average molecular weight is 258 g/mol. The van der Waals surface area contributed by atoms with Crippen LogP contribution < -0.4 is 10.1 Å². The molecule has 0 radical (unpaired) electrons. The van der Waals surface area contributed by atoms with Gasteiger partial charge in [0.2, 0.25) is 0 Å². The number of nitrogens with zero attached hydrogens (tertiary/aromatic N) is 3. The van der Waals surface area contributed by atoms with Crippen molar-refractivity contribution in [3.63, 3.8) is 0 Å². The van der Waals surface area contributed by atoms with Gasteiger partial charge in [-0.2, -0.15) is 0 Å². The second kappa shape index (κ2) is 5.01. The van der Waals surface area contributed by atoms with E-state index in [-0.39, 0.29) is 6.04 Å². The number of nitrogens with one attached hydrogen (secondary N) is 1. The molecule has 5 heteroatoms. The predicted molar refractivity (Wildman–Crippen MR) is 72.1 cm³/mol. The molecule has 1 aromatic carbocycles. The molecule has 1 N–H and O–H groups in total. The quantitative estimate of drug-likeness (QED) is 0.906. The van der Waals surface area contributed by atoms with Crippen LogP contribution >= 0.6 is 0 Å². The maximum absolute atomic E-state index is 5.68. The van der Waals surface area contributed by atoms with Crippen molar-refractivity contribution in [1.29, 1.82) is 0 Å². The molecule has 0 amide bonds. The van der Waals surface area contributed by atoms with Gasteiger partial charge in [0.25, 0.3) is 0 Å². The SMILES string of the molecule is CC(NCC1COc2ccccc21)c1nncn1C. The van der Waals surface area contributed by atoms with Crippen LogP contribution in [0.4, 0.5) is 0 Å². The molecular formula is C14H18N4O. The number of hydrogen-bond donors (Lipinski definition) is 1. The summed E-state index contributed by atoms with van der Waals surface area (Å²) < 4.78 is 7.63. The normalized spacial score (nSPS) is 18.9.